The van der Waals surface area contributed by atoms with Gasteiger partial charge in [0.05, 0.1) is 12.1 Å². The highest BCUT2D eigenvalue weighted by Gasteiger charge is 2.57. The van der Waals surface area contributed by atoms with Crippen LogP contribution in [0.2, 0.25) is 0 Å². The second kappa shape index (κ2) is 10.2. The lowest BCUT2D eigenvalue weighted by molar-refractivity contribution is -0.000907. The molecule has 0 spiro atoms. The molecule has 9 rings (SSSR count). The number of urea groups is 1. The minimum Gasteiger partial charge on any atom is -0.369 e. The minimum absolute atomic E-state index is 0.0735. The topological polar surface area (TPSA) is 67.8 Å². The number of aryl methyl sites for hydroxylation is 1. The lowest BCUT2D eigenvalue weighted by atomic mass is 9.52. The number of anilines is 5. The van der Waals surface area contributed by atoms with Gasteiger partial charge in [-0.25, -0.2) is 9.78 Å². The second-order valence-corrected chi connectivity index (χ2v) is 14.1. The van der Waals surface area contributed by atoms with E-state index in [0.717, 1.165) is 91.5 Å². The molecule has 3 heterocycles. The average molecular weight is 578 g/mol. The van der Waals surface area contributed by atoms with E-state index >= 15 is 0 Å². The number of nitrogens with zero attached hydrogens (tertiary/aromatic N) is 6. The Balaban J connectivity index is 1.13. The summed E-state index contributed by atoms with van der Waals surface area (Å²) in [5, 5.41) is 3.46. The molecule has 6 aliphatic rings. The monoisotopic (exact) mass is 577 g/mol. The molecule has 0 radical (unpaired) electrons. The van der Waals surface area contributed by atoms with Crippen molar-refractivity contribution < 1.29 is 4.79 Å². The van der Waals surface area contributed by atoms with Gasteiger partial charge in [-0.3, -0.25) is 9.80 Å². The smallest absolute Gasteiger partial charge is 0.331 e. The molecule has 1 aromatic heterocycles. The maximum absolute atomic E-state index is 14.7. The summed E-state index contributed by atoms with van der Waals surface area (Å²) in [7, 11) is 2.18. The summed E-state index contributed by atoms with van der Waals surface area (Å²) in [6, 6.07) is 14.9. The zero-order chi connectivity index (χ0) is 29.3. The molecule has 2 aliphatic heterocycles. The van der Waals surface area contributed by atoms with Crippen LogP contribution in [0.3, 0.4) is 0 Å². The van der Waals surface area contributed by atoms with Crippen LogP contribution >= 0.6 is 0 Å². The molecule has 8 nitrogen and oxygen atoms in total. The molecule has 4 saturated carbocycles. The molecule has 4 aliphatic carbocycles. The molecular weight excluding hydrogens is 534 g/mol. The van der Waals surface area contributed by atoms with E-state index in [1.165, 1.54) is 30.5 Å². The van der Waals surface area contributed by atoms with E-state index in [0.29, 0.717) is 12.5 Å². The number of aromatic nitrogens is 2. The van der Waals surface area contributed by atoms with Crippen molar-refractivity contribution in [2.75, 3.05) is 53.2 Å². The molecule has 0 atom stereocenters. The van der Waals surface area contributed by atoms with E-state index in [1.807, 2.05) is 11.1 Å². The molecule has 1 saturated heterocycles. The first-order chi connectivity index (χ1) is 20.8. The average Bonchev–Trinajstić information content (AvgIpc) is 2.98. The summed E-state index contributed by atoms with van der Waals surface area (Å²) in [6.07, 6.45) is 9.20. The van der Waals surface area contributed by atoms with Gasteiger partial charge in [-0.1, -0.05) is 12.1 Å². The number of piperazine rings is 1. The standard InChI is InChI=1S/C35H43N7O/c1-23-5-4-6-31(24(23)2)41-22-28-21-36-33(37-29-7-9-30(10-8-29)40-13-11-39(3)12-14-40)38-32(28)42(34(41)43)35-18-25-15-26(19-35)17-27(16-25)20-35/h4-10,21,25-27H,11-20,22H2,1-3H3,(H,36,37,38). The van der Waals surface area contributed by atoms with Gasteiger partial charge in [0.2, 0.25) is 5.95 Å². The third-order valence-corrected chi connectivity index (χ3v) is 11.1. The number of carbonyl (C=O) groups is 1. The number of nitrogens with one attached hydrogen (secondary N) is 1. The first kappa shape index (κ1) is 26.9. The van der Waals surface area contributed by atoms with Gasteiger partial charge in [0.15, 0.2) is 0 Å². The Morgan fingerprint density at radius 1 is 0.884 bits per heavy atom. The normalized spacial score (nSPS) is 28.4. The Morgan fingerprint density at radius 3 is 2.23 bits per heavy atom. The molecule has 8 heteroatoms. The van der Waals surface area contributed by atoms with Crippen LogP contribution in [0.1, 0.15) is 55.2 Å². The Kier molecular flexibility index (Phi) is 6.40. The Hall–Kier alpha value is -3.65. The maximum Gasteiger partial charge on any atom is 0.331 e. The summed E-state index contributed by atoms with van der Waals surface area (Å²) in [5.74, 6) is 3.51. The fraction of sp³-hybridized carbons (Fsp3) is 0.514. The van der Waals surface area contributed by atoms with E-state index in [9.17, 15) is 4.79 Å². The third kappa shape index (κ3) is 4.65. The van der Waals surface area contributed by atoms with Crippen molar-refractivity contribution in [3.63, 3.8) is 0 Å². The van der Waals surface area contributed by atoms with Gasteiger partial charge in [0.25, 0.3) is 0 Å². The highest BCUT2D eigenvalue weighted by molar-refractivity contribution is 6.07. The number of carbonyl (C=O) groups excluding carboxylic acids is 1. The van der Waals surface area contributed by atoms with E-state index < -0.39 is 0 Å². The predicted molar refractivity (Wildman–Crippen MR) is 172 cm³/mol. The molecule has 43 heavy (non-hydrogen) atoms. The lowest BCUT2D eigenvalue weighted by Crippen LogP contribution is -2.65. The number of likely N-dealkylation sites (N-methyl/N-ethyl adjacent to an activating group) is 1. The summed E-state index contributed by atoms with van der Waals surface area (Å²) in [4.78, 5) is 33.6. The molecular formula is C35H43N7O. The zero-order valence-corrected chi connectivity index (χ0v) is 25.7. The Morgan fingerprint density at radius 2 is 1.56 bits per heavy atom. The minimum atomic E-state index is -0.160. The van der Waals surface area contributed by atoms with Crippen molar-refractivity contribution in [3.05, 3.63) is 65.4 Å². The highest BCUT2D eigenvalue weighted by atomic mass is 16.2. The fourth-order valence-electron chi connectivity index (χ4n) is 9.14. The Labute approximate surface area is 255 Å². The van der Waals surface area contributed by atoms with Crippen molar-refractivity contribution in [2.24, 2.45) is 17.8 Å². The molecule has 224 valence electrons. The predicted octanol–water partition coefficient (Wildman–Crippen LogP) is 6.50. The molecule has 1 N–H and O–H groups in total. The van der Waals surface area contributed by atoms with Crippen LogP contribution in [0.4, 0.5) is 33.6 Å². The largest absolute Gasteiger partial charge is 0.369 e. The van der Waals surface area contributed by atoms with Crippen molar-refractivity contribution in [1.29, 1.82) is 0 Å². The van der Waals surface area contributed by atoms with Gasteiger partial charge in [0.1, 0.15) is 5.82 Å². The van der Waals surface area contributed by atoms with Crippen molar-refractivity contribution in [2.45, 2.75) is 64.5 Å². The first-order valence-electron chi connectivity index (χ1n) is 16.2. The van der Waals surface area contributed by atoms with Gasteiger partial charge in [-0.15, -0.1) is 0 Å². The Bertz CT molecular complexity index is 1510. The van der Waals surface area contributed by atoms with Crippen LogP contribution in [-0.4, -0.2) is 59.7 Å². The van der Waals surface area contributed by atoms with E-state index in [1.54, 1.807) is 0 Å². The van der Waals surface area contributed by atoms with Gasteiger partial charge < -0.3 is 15.1 Å². The van der Waals surface area contributed by atoms with Crippen LogP contribution in [0.25, 0.3) is 0 Å². The van der Waals surface area contributed by atoms with Gasteiger partial charge in [0, 0.05) is 55.0 Å². The van der Waals surface area contributed by atoms with Gasteiger partial charge >= 0.3 is 6.03 Å². The van der Waals surface area contributed by atoms with Crippen LogP contribution in [0, 0.1) is 31.6 Å². The first-order valence-corrected chi connectivity index (χ1v) is 16.2. The maximum atomic E-state index is 14.7. The van der Waals surface area contributed by atoms with Crippen LogP contribution < -0.4 is 20.0 Å². The van der Waals surface area contributed by atoms with Gasteiger partial charge in [-0.05, 0) is 119 Å². The van der Waals surface area contributed by atoms with E-state index in [2.05, 4.69) is 83.4 Å². The highest BCUT2D eigenvalue weighted by Crippen LogP contribution is 2.59. The van der Waals surface area contributed by atoms with Crippen molar-refractivity contribution in [3.8, 4) is 0 Å². The number of amides is 2. The number of rotatable bonds is 5. The zero-order valence-electron chi connectivity index (χ0n) is 25.7. The quantitative estimate of drug-likeness (QED) is 0.373. The summed E-state index contributed by atoms with van der Waals surface area (Å²) >= 11 is 0. The summed E-state index contributed by atoms with van der Waals surface area (Å²) in [6.45, 7) is 9.00. The summed E-state index contributed by atoms with van der Waals surface area (Å²) < 4.78 is 0. The molecule has 0 unspecified atom stereocenters. The van der Waals surface area contributed by atoms with Gasteiger partial charge in [-0.2, -0.15) is 4.98 Å². The van der Waals surface area contributed by atoms with Crippen molar-refractivity contribution >= 4 is 34.9 Å². The van der Waals surface area contributed by atoms with E-state index in [-0.39, 0.29) is 11.6 Å². The molecule has 4 bridgehead atoms. The summed E-state index contributed by atoms with van der Waals surface area (Å²) in [5.41, 5.74) is 6.41. The fourth-order valence-corrected chi connectivity index (χ4v) is 9.14. The van der Waals surface area contributed by atoms with E-state index in [4.69, 9.17) is 9.97 Å². The number of hydrogen-bond donors (Lipinski definition) is 1. The molecule has 2 amide bonds. The second-order valence-electron chi connectivity index (χ2n) is 14.1. The number of hydrogen-bond acceptors (Lipinski definition) is 6. The third-order valence-electron chi connectivity index (χ3n) is 11.1. The molecule has 3 aromatic rings. The lowest BCUT2D eigenvalue weighted by Gasteiger charge is -2.61. The molecule has 2 aromatic carbocycles. The number of fused-ring (bicyclic) bond motifs is 1. The van der Waals surface area contributed by atoms with Crippen molar-refractivity contribution in [1.82, 2.24) is 14.9 Å². The number of benzene rings is 2. The van der Waals surface area contributed by atoms with Crippen LogP contribution in [0.15, 0.2) is 48.7 Å². The van der Waals surface area contributed by atoms with Crippen LogP contribution in [0.5, 0.6) is 0 Å². The SMILES string of the molecule is Cc1cccc(N2Cc3cnc(Nc4ccc(N5CCN(C)CC5)cc4)nc3N(C34CC5CC(CC(C5)C3)C4)C2=O)c1C. The van der Waals surface area contributed by atoms with Crippen LogP contribution in [-0.2, 0) is 6.54 Å². The molecule has 5 fully saturated rings.